The van der Waals surface area contributed by atoms with Crippen molar-refractivity contribution in [1.29, 1.82) is 5.26 Å². The zero-order chi connectivity index (χ0) is 28.4. The van der Waals surface area contributed by atoms with Crippen molar-refractivity contribution in [2.75, 3.05) is 5.32 Å². The van der Waals surface area contributed by atoms with Crippen LogP contribution in [0.15, 0.2) is 83.8 Å². The van der Waals surface area contributed by atoms with Gasteiger partial charge in [-0.3, -0.25) is 9.59 Å². The zero-order valence-electron chi connectivity index (χ0n) is 22.2. The fourth-order valence-corrected chi connectivity index (χ4v) is 5.43. The van der Waals surface area contributed by atoms with E-state index in [1.54, 1.807) is 67.9 Å². The molecule has 0 saturated heterocycles. The van der Waals surface area contributed by atoms with E-state index >= 15 is 0 Å². The minimum absolute atomic E-state index is 0.0504. The van der Waals surface area contributed by atoms with Gasteiger partial charge in [0.2, 0.25) is 11.7 Å². The van der Waals surface area contributed by atoms with Crippen molar-refractivity contribution in [3.8, 4) is 23.0 Å². The van der Waals surface area contributed by atoms with Gasteiger partial charge in [-0.2, -0.15) is 10.4 Å². The smallest absolute Gasteiger partial charge is 0.338 e. The number of benzene rings is 3. The Labute approximate surface area is 236 Å². The number of ether oxygens (including phenoxy) is 1. The van der Waals surface area contributed by atoms with Gasteiger partial charge in [-0.25, -0.2) is 9.48 Å². The molecule has 4 aromatic rings. The van der Waals surface area contributed by atoms with Crippen molar-refractivity contribution < 1.29 is 19.1 Å². The normalized spacial score (nSPS) is 12.8. The van der Waals surface area contributed by atoms with Gasteiger partial charge in [0.05, 0.1) is 23.0 Å². The number of aromatic nitrogens is 2. The molecule has 1 N–H and O–H groups in total. The summed E-state index contributed by atoms with van der Waals surface area (Å²) in [5.41, 5.74) is 2.88. The lowest BCUT2D eigenvalue weighted by Gasteiger charge is -2.22. The Kier molecular flexibility index (Phi) is 7.28. The highest BCUT2D eigenvalue weighted by molar-refractivity contribution is 7.98. The molecule has 1 unspecified atom stereocenters. The van der Waals surface area contributed by atoms with Crippen LogP contribution in [-0.4, -0.2) is 33.0 Å². The van der Waals surface area contributed by atoms with E-state index in [1.165, 1.54) is 11.8 Å². The van der Waals surface area contributed by atoms with Gasteiger partial charge in [-0.1, -0.05) is 36.4 Å². The number of hydrogen-bond donors (Lipinski definition) is 1. The maximum absolute atomic E-state index is 13.7. The molecule has 1 aliphatic rings. The number of esters is 1. The monoisotopic (exact) mass is 550 g/mol. The number of ketones is 1. The number of nitrogens with one attached hydrogen (secondary N) is 1. The number of carbonyl (C=O) groups is 3. The molecule has 9 heteroatoms. The first-order valence-corrected chi connectivity index (χ1v) is 13.6. The second-order valence-electron chi connectivity index (χ2n) is 10.2. The molecule has 1 amide bonds. The number of nitriles is 1. The summed E-state index contributed by atoms with van der Waals surface area (Å²) in [4.78, 5) is 40.5. The third-order valence-corrected chi connectivity index (χ3v) is 7.25. The number of para-hydroxylation sites is 2. The average Bonchev–Trinajstić information content (AvgIpc) is 3.33. The van der Waals surface area contributed by atoms with Gasteiger partial charge in [0, 0.05) is 27.5 Å². The van der Waals surface area contributed by atoms with E-state index in [-0.39, 0.29) is 5.69 Å². The van der Waals surface area contributed by atoms with Crippen molar-refractivity contribution in [2.24, 2.45) is 5.92 Å². The molecule has 2 heterocycles. The summed E-state index contributed by atoms with van der Waals surface area (Å²) in [5.74, 6) is -3.06. The van der Waals surface area contributed by atoms with Crippen LogP contribution in [0.25, 0.3) is 16.9 Å². The summed E-state index contributed by atoms with van der Waals surface area (Å²) in [7, 11) is 0. The third kappa shape index (κ3) is 5.40. The van der Waals surface area contributed by atoms with E-state index in [9.17, 15) is 19.6 Å². The molecule has 1 aliphatic heterocycles. The Bertz CT molecular complexity index is 1650. The van der Waals surface area contributed by atoms with E-state index in [0.717, 1.165) is 4.90 Å². The molecule has 0 fully saturated rings. The number of nitrogens with zero attached hydrogens (tertiary/aromatic N) is 3. The number of anilines is 1. The first-order chi connectivity index (χ1) is 19.2. The minimum atomic E-state index is -1.59. The van der Waals surface area contributed by atoms with E-state index in [1.807, 2.05) is 42.5 Å². The summed E-state index contributed by atoms with van der Waals surface area (Å²) in [5, 5.41) is 17.2. The fraction of sp³-hybridized carbons (Fsp3) is 0.194. The fourth-order valence-electron chi connectivity index (χ4n) is 4.38. The Morgan fingerprint density at radius 3 is 2.35 bits per heavy atom. The van der Waals surface area contributed by atoms with E-state index in [2.05, 4.69) is 10.4 Å². The summed E-state index contributed by atoms with van der Waals surface area (Å²) in [6, 6.07) is 25.1. The lowest BCUT2D eigenvalue weighted by atomic mass is 9.96. The first kappa shape index (κ1) is 26.9. The van der Waals surface area contributed by atoms with E-state index in [0.29, 0.717) is 39.5 Å². The lowest BCUT2D eigenvalue weighted by molar-refractivity contribution is -0.117. The maximum Gasteiger partial charge on any atom is 0.338 e. The Hall–Kier alpha value is -4.68. The maximum atomic E-state index is 13.7. The number of thioether (sulfide) groups is 1. The number of fused-ring (bicyclic) bond motifs is 3. The second kappa shape index (κ2) is 10.8. The standard InChI is InChI=1S/C31H26N4O4S/c1-31(2,3)39-30(38)19-14-15-25-22(16-19)27-24(18-40-25)26(34-35(27)21-12-8-5-9-13-21)28(36)23(17-32)29(37)33-20-10-6-4-7-11-20/h4-16,23H,18H2,1-3H3,(H,33,37). The largest absolute Gasteiger partial charge is 0.456 e. The first-order valence-electron chi connectivity index (χ1n) is 12.6. The molecular formula is C31H26N4O4S. The number of amides is 1. The quantitative estimate of drug-likeness (QED) is 0.176. The minimum Gasteiger partial charge on any atom is -0.456 e. The molecule has 5 rings (SSSR count). The van der Waals surface area contributed by atoms with Crippen LogP contribution in [0.1, 0.15) is 47.2 Å². The summed E-state index contributed by atoms with van der Waals surface area (Å²) < 4.78 is 7.22. The van der Waals surface area contributed by atoms with Crippen molar-refractivity contribution in [2.45, 2.75) is 37.0 Å². The molecule has 200 valence electrons. The molecule has 1 atom stereocenters. The van der Waals surface area contributed by atoms with Gasteiger partial charge >= 0.3 is 5.97 Å². The van der Waals surface area contributed by atoms with Gasteiger partial charge in [-0.05, 0) is 63.2 Å². The SMILES string of the molecule is CC(C)(C)OC(=O)c1ccc2c(c1)-c1c(c(C(=O)C(C#N)C(=O)Nc3ccccc3)nn1-c1ccccc1)CS2. The molecule has 0 spiro atoms. The van der Waals surface area contributed by atoms with Crippen molar-refractivity contribution in [3.63, 3.8) is 0 Å². The predicted molar refractivity (Wildman–Crippen MR) is 152 cm³/mol. The van der Waals surface area contributed by atoms with Crippen LogP contribution in [0.2, 0.25) is 0 Å². The Morgan fingerprint density at radius 1 is 1.02 bits per heavy atom. The topological polar surface area (TPSA) is 114 Å². The molecule has 3 aromatic carbocycles. The summed E-state index contributed by atoms with van der Waals surface area (Å²) >= 11 is 1.49. The summed E-state index contributed by atoms with van der Waals surface area (Å²) in [6.45, 7) is 5.41. The average molecular weight is 551 g/mol. The van der Waals surface area contributed by atoms with Gasteiger partial charge in [-0.15, -0.1) is 11.8 Å². The van der Waals surface area contributed by atoms with Crippen LogP contribution in [0.5, 0.6) is 0 Å². The molecule has 0 aliphatic carbocycles. The molecule has 0 radical (unpaired) electrons. The second-order valence-corrected chi connectivity index (χ2v) is 11.2. The Morgan fingerprint density at radius 2 is 1.70 bits per heavy atom. The van der Waals surface area contributed by atoms with Crippen LogP contribution >= 0.6 is 11.8 Å². The highest BCUT2D eigenvalue weighted by atomic mass is 32.2. The number of rotatable bonds is 6. The highest BCUT2D eigenvalue weighted by Gasteiger charge is 2.36. The number of hydrogen-bond acceptors (Lipinski definition) is 7. The number of carbonyl (C=O) groups excluding carboxylic acids is 3. The van der Waals surface area contributed by atoms with Crippen molar-refractivity contribution in [3.05, 3.63) is 95.7 Å². The molecular weight excluding hydrogens is 524 g/mol. The van der Waals surface area contributed by atoms with Crippen LogP contribution in [0, 0.1) is 17.2 Å². The van der Waals surface area contributed by atoms with Crippen LogP contribution in [-0.2, 0) is 15.3 Å². The van der Waals surface area contributed by atoms with Crippen LogP contribution < -0.4 is 5.32 Å². The van der Waals surface area contributed by atoms with E-state index in [4.69, 9.17) is 4.74 Å². The van der Waals surface area contributed by atoms with Crippen molar-refractivity contribution in [1.82, 2.24) is 9.78 Å². The molecule has 40 heavy (non-hydrogen) atoms. The number of Topliss-reactive ketones (excluding diaryl/α,β-unsaturated/α-hetero) is 1. The molecule has 0 saturated carbocycles. The highest BCUT2D eigenvalue weighted by Crippen LogP contribution is 2.44. The summed E-state index contributed by atoms with van der Waals surface area (Å²) in [6.07, 6.45) is 0. The van der Waals surface area contributed by atoms with Gasteiger partial charge in [0.15, 0.2) is 5.92 Å². The van der Waals surface area contributed by atoms with Gasteiger partial charge in [0.1, 0.15) is 11.3 Å². The predicted octanol–water partition coefficient (Wildman–Crippen LogP) is 6.06. The lowest BCUT2D eigenvalue weighted by Crippen LogP contribution is -2.29. The van der Waals surface area contributed by atoms with Crippen molar-refractivity contribution >= 4 is 35.1 Å². The van der Waals surface area contributed by atoms with Gasteiger partial charge < -0.3 is 10.1 Å². The van der Waals surface area contributed by atoms with Gasteiger partial charge in [0.25, 0.3) is 0 Å². The Balaban J connectivity index is 1.60. The third-order valence-electron chi connectivity index (χ3n) is 6.15. The van der Waals surface area contributed by atoms with Crippen LogP contribution in [0.3, 0.4) is 0 Å². The van der Waals surface area contributed by atoms with Crippen LogP contribution in [0.4, 0.5) is 5.69 Å². The van der Waals surface area contributed by atoms with E-state index < -0.39 is 29.2 Å². The molecule has 8 nitrogen and oxygen atoms in total. The zero-order valence-corrected chi connectivity index (χ0v) is 23.0. The molecule has 1 aromatic heterocycles. The molecule has 0 bridgehead atoms.